The van der Waals surface area contributed by atoms with Crippen molar-refractivity contribution in [3.63, 3.8) is 0 Å². The molecule has 0 aliphatic carbocycles. The first-order valence-corrected chi connectivity index (χ1v) is 12.3. The van der Waals surface area contributed by atoms with E-state index in [4.69, 9.17) is 0 Å². The Hall–Kier alpha value is -3.52. The summed E-state index contributed by atoms with van der Waals surface area (Å²) in [6.07, 6.45) is 2.45. The van der Waals surface area contributed by atoms with E-state index in [0.717, 1.165) is 30.4 Å². The molecule has 2 amide bonds. The zero-order chi connectivity index (χ0) is 24.1. The molecule has 1 atom stereocenters. The van der Waals surface area contributed by atoms with E-state index in [1.165, 1.54) is 29.1 Å². The Labute approximate surface area is 202 Å². The van der Waals surface area contributed by atoms with Crippen LogP contribution in [0.15, 0.2) is 66.0 Å². The molecule has 4 rings (SSSR count). The average molecular weight is 478 g/mol. The number of rotatable bonds is 8. The number of hydrogen-bond acceptors (Lipinski definition) is 5. The minimum atomic E-state index is -0.495. The number of hydrogen-bond donors (Lipinski definition) is 0. The predicted octanol–water partition coefficient (Wildman–Crippen LogP) is 5.07. The number of amides is 2. The van der Waals surface area contributed by atoms with Crippen LogP contribution in [0.5, 0.6) is 0 Å². The first-order chi connectivity index (χ1) is 16.5. The number of fused-ring (bicyclic) bond motifs is 1. The highest BCUT2D eigenvalue weighted by Gasteiger charge is 2.34. The number of nitrogens with zero attached hydrogens (tertiary/aromatic N) is 3. The second-order valence-corrected chi connectivity index (χ2v) is 9.33. The number of unbranched alkanes of at least 4 members (excludes halogenated alkanes) is 1. The van der Waals surface area contributed by atoms with Crippen LogP contribution < -0.4 is 0 Å². The highest BCUT2D eigenvalue weighted by atomic mass is 32.1. The van der Waals surface area contributed by atoms with Crippen molar-refractivity contribution >= 4 is 28.8 Å². The maximum absolute atomic E-state index is 13.6. The van der Waals surface area contributed by atoms with Crippen molar-refractivity contribution in [3.8, 4) is 0 Å². The Morgan fingerprint density at radius 3 is 2.53 bits per heavy atom. The molecular formula is C26H27N3O4S. The monoisotopic (exact) mass is 477 g/mol. The lowest BCUT2D eigenvalue weighted by Gasteiger charge is -2.37. The third kappa shape index (κ3) is 5.02. The van der Waals surface area contributed by atoms with Gasteiger partial charge in [0.1, 0.15) is 6.54 Å². The van der Waals surface area contributed by atoms with Gasteiger partial charge in [-0.2, -0.15) is 0 Å². The summed E-state index contributed by atoms with van der Waals surface area (Å²) >= 11 is 1.72. The van der Waals surface area contributed by atoms with Crippen LogP contribution in [0.1, 0.15) is 52.2 Å². The van der Waals surface area contributed by atoms with Crippen molar-refractivity contribution in [1.29, 1.82) is 0 Å². The van der Waals surface area contributed by atoms with Gasteiger partial charge in [-0.1, -0.05) is 43.7 Å². The van der Waals surface area contributed by atoms with E-state index in [9.17, 15) is 19.7 Å². The highest BCUT2D eigenvalue weighted by Crippen LogP contribution is 2.37. The lowest BCUT2D eigenvalue weighted by atomic mass is 9.93. The summed E-state index contributed by atoms with van der Waals surface area (Å²) in [6.45, 7) is 3.05. The zero-order valence-electron chi connectivity index (χ0n) is 19.1. The third-order valence-electron chi connectivity index (χ3n) is 6.12. The minimum Gasteiger partial charge on any atom is -0.330 e. The van der Waals surface area contributed by atoms with E-state index in [1.807, 2.05) is 42.2 Å². The molecule has 0 spiro atoms. The van der Waals surface area contributed by atoms with Gasteiger partial charge in [0.15, 0.2) is 0 Å². The Kier molecular flexibility index (Phi) is 7.37. The molecule has 0 saturated heterocycles. The first-order valence-electron chi connectivity index (χ1n) is 11.4. The molecule has 0 saturated carbocycles. The molecule has 1 aliphatic heterocycles. The normalized spacial score (nSPS) is 15.0. The lowest BCUT2D eigenvalue weighted by molar-refractivity contribution is -0.384. The van der Waals surface area contributed by atoms with Crippen molar-refractivity contribution in [2.75, 3.05) is 19.6 Å². The maximum atomic E-state index is 13.6. The number of non-ortho nitro benzene ring substituents is 1. The fourth-order valence-corrected chi connectivity index (χ4v) is 5.25. The Bertz CT molecular complexity index is 1160. The summed E-state index contributed by atoms with van der Waals surface area (Å²) in [6, 6.07) is 17.5. The molecule has 8 heteroatoms. The SMILES string of the molecule is CCCCN(CC(=O)N1CCc2sccc2C1c1ccccc1)C(=O)c1ccc([N+](=O)[O-])cc1. The molecule has 2 aromatic carbocycles. The van der Waals surface area contributed by atoms with Crippen LogP contribution in [0.2, 0.25) is 0 Å². The largest absolute Gasteiger partial charge is 0.330 e. The fraction of sp³-hybridized carbons (Fsp3) is 0.308. The number of thiophene rings is 1. The minimum absolute atomic E-state index is 0.0291. The molecule has 0 bridgehead atoms. The van der Waals surface area contributed by atoms with E-state index in [2.05, 4.69) is 11.4 Å². The Morgan fingerprint density at radius 1 is 1.12 bits per heavy atom. The van der Waals surface area contributed by atoms with E-state index in [0.29, 0.717) is 18.7 Å². The molecule has 1 unspecified atom stereocenters. The number of carbonyl (C=O) groups excluding carboxylic acids is 2. The molecule has 0 radical (unpaired) electrons. The topological polar surface area (TPSA) is 83.8 Å². The van der Waals surface area contributed by atoms with Gasteiger partial charge in [0.2, 0.25) is 5.91 Å². The van der Waals surface area contributed by atoms with Gasteiger partial charge in [-0.25, -0.2) is 0 Å². The van der Waals surface area contributed by atoms with Gasteiger partial charge >= 0.3 is 0 Å². The Morgan fingerprint density at radius 2 is 1.85 bits per heavy atom. The second-order valence-electron chi connectivity index (χ2n) is 8.33. The summed E-state index contributed by atoms with van der Waals surface area (Å²) in [7, 11) is 0. The fourth-order valence-electron chi connectivity index (χ4n) is 4.34. The average Bonchev–Trinajstić information content (AvgIpc) is 3.35. The molecule has 0 fully saturated rings. The van der Waals surface area contributed by atoms with Gasteiger partial charge < -0.3 is 9.80 Å². The van der Waals surface area contributed by atoms with Crippen LogP contribution in [-0.2, 0) is 11.2 Å². The molecule has 34 heavy (non-hydrogen) atoms. The molecule has 2 heterocycles. The molecular weight excluding hydrogens is 450 g/mol. The number of nitro benzene ring substituents is 1. The molecule has 176 valence electrons. The molecule has 0 N–H and O–H groups in total. The van der Waals surface area contributed by atoms with Crippen molar-refractivity contribution in [3.05, 3.63) is 97.7 Å². The van der Waals surface area contributed by atoms with Gasteiger partial charge in [0.05, 0.1) is 11.0 Å². The van der Waals surface area contributed by atoms with Crippen LogP contribution in [0.4, 0.5) is 5.69 Å². The smallest absolute Gasteiger partial charge is 0.269 e. The maximum Gasteiger partial charge on any atom is 0.269 e. The van der Waals surface area contributed by atoms with Gasteiger partial charge in [-0.15, -0.1) is 11.3 Å². The van der Waals surface area contributed by atoms with Crippen molar-refractivity contribution in [2.45, 2.75) is 32.2 Å². The van der Waals surface area contributed by atoms with Crippen molar-refractivity contribution < 1.29 is 14.5 Å². The third-order valence-corrected chi connectivity index (χ3v) is 7.12. The number of carbonyl (C=O) groups is 2. The van der Waals surface area contributed by atoms with Crippen LogP contribution in [-0.4, -0.2) is 46.2 Å². The molecule has 1 aliphatic rings. The van der Waals surface area contributed by atoms with Crippen LogP contribution >= 0.6 is 11.3 Å². The van der Waals surface area contributed by atoms with Crippen LogP contribution in [0.25, 0.3) is 0 Å². The summed E-state index contributed by atoms with van der Waals surface area (Å²) < 4.78 is 0. The summed E-state index contributed by atoms with van der Waals surface area (Å²) in [5, 5.41) is 13.0. The summed E-state index contributed by atoms with van der Waals surface area (Å²) in [5.74, 6) is -0.391. The number of nitro groups is 1. The van der Waals surface area contributed by atoms with Crippen LogP contribution in [0, 0.1) is 10.1 Å². The van der Waals surface area contributed by atoms with Gasteiger partial charge in [0, 0.05) is 35.7 Å². The summed E-state index contributed by atoms with van der Waals surface area (Å²) in [4.78, 5) is 42.1. The predicted molar refractivity (Wildman–Crippen MR) is 132 cm³/mol. The zero-order valence-corrected chi connectivity index (χ0v) is 19.9. The molecule has 3 aromatic rings. The van der Waals surface area contributed by atoms with E-state index in [1.54, 1.807) is 16.2 Å². The molecule has 7 nitrogen and oxygen atoms in total. The van der Waals surface area contributed by atoms with Crippen molar-refractivity contribution in [1.82, 2.24) is 9.80 Å². The standard InChI is InChI=1S/C26H27N3O4S/c1-2-3-15-27(26(31)20-9-11-21(12-10-20)29(32)33)18-24(30)28-16-13-23-22(14-17-34-23)25(28)19-7-5-4-6-8-19/h4-12,14,17,25H,2-3,13,15-16,18H2,1H3. The van der Waals surface area contributed by atoms with Gasteiger partial charge in [0.25, 0.3) is 11.6 Å². The van der Waals surface area contributed by atoms with Gasteiger partial charge in [-0.05, 0) is 47.5 Å². The number of benzene rings is 2. The van der Waals surface area contributed by atoms with Crippen LogP contribution in [0.3, 0.4) is 0 Å². The highest BCUT2D eigenvalue weighted by molar-refractivity contribution is 7.10. The quantitative estimate of drug-likeness (QED) is 0.335. The second kappa shape index (κ2) is 10.6. The van der Waals surface area contributed by atoms with Gasteiger partial charge in [-0.3, -0.25) is 19.7 Å². The van der Waals surface area contributed by atoms with E-state index in [-0.39, 0.29) is 30.1 Å². The van der Waals surface area contributed by atoms with E-state index < -0.39 is 4.92 Å². The Balaban J connectivity index is 1.58. The van der Waals surface area contributed by atoms with Crippen molar-refractivity contribution in [2.24, 2.45) is 0 Å². The first kappa shape index (κ1) is 23.6. The summed E-state index contributed by atoms with van der Waals surface area (Å²) in [5.41, 5.74) is 2.47. The molecule has 1 aromatic heterocycles. The van der Waals surface area contributed by atoms with E-state index >= 15 is 0 Å². The lowest BCUT2D eigenvalue weighted by Crippen LogP contribution is -2.47.